The summed E-state index contributed by atoms with van der Waals surface area (Å²) in [6.45, 7) is 4.11. The average molecular weight is 808 g/mol. The third-order valence-corrected chi connectivity index (χ3v) is 13.8. The molecule has 2 aromatic carbocycles. The van der Waals surface area contributed by atoms with Gasteiger partial charge in [0.1, 0.15) is 29.7 Å². The van der Waals surface area contributed by atoms with Crippen LogP contribution in [0.1, 0.15) is 85.0 Å². The number of esters is 1. The number of nitrogens with one attached hydrogen (secondary N) is 2. The fraction of sp³-hybridized carbons (Fsp3) is 0.425. The Bertz CT molecular complexity index is 2150. The van der Waals surface area contributed by atoms with E-state index >= 15 is 4.39 Å². The number of benzene rings is 2. The molecule has 0 unspecified atom stereocenters. The van der Waals surface area contributed by atoms with Crippen LogP contribution in [-0.2, 0) is 23.7 Å². The lowest BCUT2D eigenvalue weighted by molar-refractivity contribution is -0.148. The number of carbonyl (C=O) groups excluding carboxylic acids is 4. The van der Waals surface area contributed by atoms with Gasteiger partial charge in [0, 0.05) is 47.7 Å². The van der Waals surface area contributed by atoms with Gasteiger partial charge >= 0.3 is 13.5 Å². The van der Waals surface area contributed by atoms with Crippen LogP contribution in [-0.4, -0.2) is 82.3 Å². The van der Waals surface area contributed by atoms with Gasteiger partial charge in [0.15, 0.2) is 0 Å². The third-order valence-electron chi connectivity index (χ3n) is 10.6. The second-order valence-corrected chi connectivity index (χ2v) is 17.7. The standard InChI is InChI=1S/C40H44F2N5O7PS/c1-3-18-53-40(51)24(2)45-55(52,54-29-9-5-4-6-10-29)36(42)25-12-15-34-26(19-25)20-35(56-34)37(48)44-32-11-7-8-28-13-14-33(47(28)38(32)49)39(50)46-22-27(23-46)30-21-43-17-16-31(30)41/h4-6,9-10,12,15-17,19-21,24,27-28,32-33,36H,3,7-8,11,13-14,18,22-23H2,1-2H3,(H,44,48)(H,45,52)/t24-,28-,32-,33-,36-,55+/m0/s1. The summed E-state index contributed by atoms with van der Waals surface area (Å²) < 4.78 is 56.6. The minimum Gasteiger partial charge on any atom is -0.465 e. The van der Waals surface area contributed by atoms with Crippen molar-refractivity contribution in [2.75, 3.05) is 19.7 Å². The van der Waals surface area contributed by atoms with Crippen LogP contribution in [0.15, 0.2) is 73.1 Å². The van der Waals surface area contributed by atoms with Gasteiger partial charge in [0.2, 0.25) is 17.7 Å². The van der Waals surface area contributed by atoms with E-state index in [-0.39, 0.29) is 47.5 Å². The summed E-state index contributed by atoms with van der Waals surface area (Å²) in [5, 5.41) is 5.98. The minimum atomic E-state index is -4.45. The molecule has 296 valence electrons. The van der Waals surface area contributed by atoms with Crippen LogP contribution in [0.3, 0.4) is 0 Å². The maximum absolute atomic E-state index is 16.4. The Kier molecular flexibility index (Phi) is 11.8. The number of halogens is 2. The predicted octanol–water partition coefficient (Wildman–Crippen LogP) is 6.87. The molecule has 4 aromatic rings. The van der Waals surface area contributed by atoms with E-state index in [2.05, 4.69) is 15.4 Å². The number of hydrogen-bond donors (Lipinski definition) is 2. The van der Waals surface area contributed by atoms with Gasteiger partial charge < -0.3 is 24.4 Å². The van der Waals surface area contributed by atoms with Crippen molar-refractivity contribution in [1.82, 2.24) is 25.2 Å². The number of fused-ring (bicyclic) bond motifs is 2. The number of ether oxygens (including phenoxy) is 1. The van der Waals surface area contributed by atoms with Gasteiger partial charge in [-0.05, 0) is 92.8 Å². The quantitative estimate of drug-likeness (QED) is 0.109. The summed E-state index contributed by atoms with van der Waals surface area (Å²) in [7, 11) is -4.45. The van der Waals surface area contributed by atoms with Crippen LogP contribution >= 0.6 is 18.9 Å². The second kappa shape index (κ2) is 16.8. The molecule has 56 heavy (non-hydrogen) atoms. The highest BCUT2D eigenvalue weighted by Gasteiger charge is 2.48. The first kappa shape index (κ1) is 39.5. The molecule has 0 spiro atoms. The van der Waals surface area contributed by atoms with Crippen LogP contribution in [0, 0.1) is 5.82 Å². The fourth-order valence-electron chi connectivity index (χ4n) is 7.67. The van der Waals surface area contributed by atoms with Crippen LogP contribution in [0.2, 0.25) is 0 Å². The van der Waals surface area contributed by atoms with Gasteiger partial charge in [-0.15, -0.1) is 11.3 Å². The number of aromatic nitrogens is 1. The van der Waals surface area contributed by atoms with Gasteiger partial charge in [0.05, 0.1) is 11.5 Å². The number of rotatable bonds is 13. The fourth-order valence-corrected chi connectivity index (χ4v) is 10.5. The van der Waals surface area contributed by atoms with E-state index in [0.29, 0.717) is 72.1 Å². The molecule has 2 N–H and O–H groups in total. The van der Waals surface area contributed by atoms with Crippen molar-refractivity contribution in [3.05, 3.63) is 94.9 Å². The molecule has 7 rings (SSSR count). The Morgan fingerprint density at radius 1 is 1.05 bits per heavy atom. The summed E-state index contributed by atoms with van der Waals surface area (Å²) in [6.07, 6.45) is 6.48. The van der Waals surface area contributed by atoms with Crippen molar-refractivity contribution in [1.29, 1.82) is 0 Å². The Hall–Kier alpha value is -4.72. The monoisotopic (exact) mass is 807 g/mol. The van der Waals surface area contributed by atoms with Crippen molar-refractivity contribution >= 4 is 52.6 Å². The molecule has 12 nitrogen and oxygen atoms in total. The number of pyridine rings is 1. The summed E-state index contributed by atoms with van der Waals surface area (Å²) in [5.41, 5.74) is 0.485. The first-order valence-electron chi connectivity index (χ1n) is 18.9. The lowest BCUT2D eigenvalue weighted by atomic mass is 9.91. The van der Waals surface area contributed by atoms with Gasteiger partial charge in [-0.1, -0.05) is 31.2 Å². The van der Waals surface area contributed by atoms with E-state index in [1.54, 1.807) is 40.1 Å². The molecule has 3 aliphatic heterocycles. The molecule has 0 bridgehead atoms. The van der Waals surface area contributed by atoms with Crippen molar-refractivity contribution in [3.63, 3.8) is 0 Å². The molecule has 5 heterocycles. The molecule has 0 saturated carbocycles. The van der Waals surface area contributed by atoms with Crippen molar-refractivity contribution in [2.24, 2.45) is 0 Å². The number of likely N-dealkylation sites (tertiary alicyclic amines) is 1. The van der Waals surface area contributed by atoms with E-state index in [1.165, 1.54) is 49.6 Å². The molecule has 3 saturated heterocycles. The number of carbonyl (C=O) groups is 4. The molecular formula is C40H44F2N5O7PS. The molecule has 16 heteroatoms. The predicted molar refractivity (Wildman–Crippen MR) is 206 cm³/mol. The number of amides is 3. The van der Waals surface area contributed by atoms with Crippen LogP contribution in [0.4, 0.5) is 8.78 Å². The van der Waals surface area contributed by atoms with E-state index in [1.807, 2.05) is 6.92 Å². The molecule has 0 radical (unpaired) electrons. The highest BCUT2D eigenvalue weighted by atomic mass is 32.1. The summed E-state index contributed by atoms with van der Waals surface area (Å²) in [6, 6.07) is 12.8. The highest BCUT2D eigenvalue weighted by Crippen LogP contribution is 2.58. The zero-order valence-corrected chi connectivity index (χ0v) is 32.8. The normalized spacial score (nSPS) is 22.0. The van der Waals surface area contributed by atoms with E-state index in [9.17, 15) is 28.1 Å². The van der Waals surface area contributed by atoms with Crippen LogP contribution in [0.25, 0.3) is 10.1 Å². The minimum absolute atomic E-state index is 0.0111. The maximum atomic E-state index is 16.4. The zero-order valence-electron chi connectivity index (χ0n) is 31.1. The van der Waals surface area contributed by atoms with Gasteiger partial charge in [-0.2, -0.15) is 0 Å². The lowest BCUT2D eigenvalue weighted by Crippen LogP contribution is -2.58. The first-order valence-corrected chi connectivity index (χ1v) is 21.4. The van der Waals surface area contributed by atoms with E-state index < -0.39 is 43.4 Å². The molecular weight excluding hydrogens is 764 g/mol. The Morgan fingerprint density at radius 3 is 2.59 bits per heavy atom. The Morgan fingerprint density at radius 2 is 1.84 bits per heavy atom. The van der Waals surface area contributed by atoms with Crippen LogP contribution < -0.4 is 14.9 Å². The average Bonchev–Trinajstić information content (AvgIpc) is 3.77. The number of alkyl halides is 1. The highest BCUT2D eigenvalue weighted by molar-refractivity contribution is 7.57. The summed E-state index contributed by atoms with van der Waals surface area (Å²) in [5.74, 6) is -4.20. The molecule has 0 aliphatic carbocycles. The molecule has 3 amide bonds. The van der Waals surface area contributed by atoms with Crippen molar-refractivity contribution in [2.45, 2.75) is 88.4 Å². The third kappa shape index (κ3) is 8.21. The number of hydrogen-bond acceptors (Lipinski definition) is 9. The molecule has 3 aliphatic rings. The van der Waals surface area contributed by atoms with Crippen LogP contribution in [0.5, 0.6) is 5.75 Å². The van der Waals surface area contributed by atoms with Crippen molar-refractivity contribution < 1.29 is 41.8 Å². The molecule has 2 aromatic heterocycles. The van der Waals surface area contributed by atoms with Crippen molar-refractivity contribution in [3.8, 4) is 5.75 Å². The smallest absolute Gasteiger partial charge is 0.355 e. The number of thiophene rings is 1. The summed E-state index contributed by atoms with van der Waals surface area (Å²) in [4.78, 5) is 61.5. The number of para-hydroxylation sites is 1. The molecule has 3 fully saturated rings. The number of nitrogens with zero attached hydrogens (tertiary/aromatic N) is 3. The van der Waals surface area contributed by atoms with Gasteiger partial charge in [-0.3, -0.25) is 28.7 Å². The Labute approximate surface area is 327 Å². The Balaban J connectivity index is 1.04. The van der Waals surface area contributed by atoms with Gasteiger partial charge in [-0.25, -0.2) is 13.9 Å². The summed E-state index contributed by atoms with van der Waals surface area (Å²) >= 11 is 1.16. The van der Waals surface area contributed by atoms with E-state index in [4.69, 9.17) is 9.26 Å². The lowest BCUT2D eigenvalue weighted by Gasteiger charge is -2.42. The second-order valence-electron chi connectivity index (χ2n) is 14.6. The largest absolute Gasteiger partial charge is 0.465 e. The first-order chi connectivity index (χ1) is 27.0. The zero-order chi connectivity index (χ0) is 39.6. The van der Waals surface area contributed by atoms with E-state index in [0.717, 1.165) is 11.3 Å². The molecule has 6 atom stereocenters. The van der Waals surface area contributed by atoms with Gasteiger partial charge in [0.25, 0.3) is 5.91 Å². The SMILES string of the molecule is CCCOC(=O)[C@H](C)N[P@](=O)(Oc1ccccc1)[C@H](F)c1ccc2sc(C(=O)N[C@H]3CCC[C@H]4CC[C@@H](C(=O)N5CC(c6cnccc6F)C5)N4C3=O)cc2c1. The topological polar surface area (TPSA) is 147 Å². The maximum Gasteiger partial charge on any atom is 0.355 e.